The molecule has 4 nitrogen and oxygen atoms in total. The molecule has 1 heterocycles. The molecule has 89 valence electrons. The molecule has 0 bridgehead atoms. The van der Waals surface area contributed by atoms with Crippen molar-refractivity contribution >= 4 is 18.1 Å². The first-order chi connectivity index (χ1) is 7.26. The minimum atomic E-state index is -2.36. The van der Waals surface area contributed by atoms with E-state index < -0.39 is 18.1 Å². The van der Waals surface area contributed by atoms with Gasteiger partial charge in [-0.15, -0.1) is 0 Å². The molecule has 1 aliphatic heterocycles. The van der Waals surface area contributed by atoms with Crippen molar-refractivity contribution < 1.29 is 17.4 Å². The molecule has 15 heavy (non-hydrogen) atoms. The standard InChI is InChI=1S/C9H21O4Si2/c1-4-10-14-8-7-9-15(13-14,11-5-2)12-6-3/h4-9H2,1-3H3. The highest BCUT2D eigenvalue weighted by Crippen LogP contribution is 2.27. The van der Waals surface area contributed by atoms with Crippen LogP contribution in [0.15, 0.2) is 0 Å². The number of hydrogen-bond acceptors (Lipinski definition) is 4. The van der Waals surface area contributed by atoms with Crippen molar-refractivity contribution in [3.8, 4) is 0 Å². The molecule has 0 amide bonds. The maximum absolute atomic E-state index is 5.97. The third-order valence-electron chi connectivity index (χ3n) is 2.17. The second-order valence-electron chi connectivity index (χ2n) is 3.31. The van der Waals surface area contributed by atoms with Crippen LogP contribution in [-0.2, 0) is 17.4 Å². The fourth-order valence-corrected chi connectivity index (χ4v) is 7.73. The first kappa shape index (κ1) is 13.3. The van der Waals surface area contributed by atoms with E-state index in [9.17, 15) is 0 Å². The van der Waals surface area contributed by atoms with Gasteiger partial charge in [0.1, 0.15) is 0 Å². The van der Waals surface area contributed by atoms with Crippen molar-refractivity contribution in [3.63, 3.8) is 0 Å². The largest absolute Gasteiger partial charge is 0.491 e. The summed E-state index contributed by atoms with van der Waals surface area (Å²) in [5.41, 5.74) is 0. The zero-order valence-electron chi connectivity index (χ0n) is 9.88. The monoisotopic (exact) mass is 249 g/mol. The van der Waals surface area contributed by atoms with Crippen molar-refractivity contribution in [2.75, 3.05) is 19.8 Å². The van der Waals surface area contributed by atoms with Gasteiger partial charge < -0.3 is 17.4 Å². The Morgan fingerprint density at radius 1 is 1.13 bits per heavy atom. The normalized spacial score (nSPS) is 21.8. The van der Waals surface area contributed by atoms with E-state index in [2.05, 4.69) is 0 Å². The van der Waals surface area contributed by atoms with Crippen molar-refractivity contribution in [1.29, 1.82) is 0 Å². The molecular formula is C9H21O4Si2. The maximum Gasteiger partial charge on any atom is 0.491 e. The third-order valence-corrected chi connectivity index (χ3v) is 8.12. The lowest BCUT2D eigenvalue weighted by Crippen LogP contribution is -2.53. The predicted octanol–water partition coefficient (Wildman–Crippen LogP) is 1.94. The molecule has 0 spiro atoms. The van der Waals surface area contributed by atoms with E-state index in [0.717, 1.165) is 25.1 Å². The molecule has 0 aliphatic carbocycles. The van der Waals surface area contributed by atoms with Crippen molar-refractivity contribution in [2.24, 2.45) is 0 Å². The summed E-state index contributed by atoms with van der Waals surface area (Å²) < 4.78 is 23.0. The van der Waals surface area contributed by atoms with Crippen LogP contribution in [0.1, 0.15) is 27.2 Å². The smallest absolute Gasteiger partial charge is 0.394 e. The third kappa shape index (κ3) is 3.97. The Bertz CT molecular complexity index is 166. The van der Waals surface area contributed by atoms with Gasteiger partial charge in [-0.1, -0.05) is 0 Å². The molecule has 0 aromatic carbocycles. The second-order valence-corrected chi connectivity index (χ2v) is 8.10. The van der Waals surface area contributed by atoms with E-state index in [1.54, 1.807) is 0 Å². The second kappa shape index (κ2) is 6.77. The highest BCUT2D eigenvalue weighted by molar-refractivity contribution is 6.70. The summed E-state index contributed by atoms with van der Waals surface area (Å²) in [6.45, 7) is 8.01. The molecule has 0 atom stereocenters. The van der Waals surface area contributed by atoms with Gasteiger partial charge in [0, 0.05) is 25.9 Å². The van der Waals surface area contributed by atoms with Crippen molar-refractivity contribution in [1.82, 2.24) is 0 Å². The quantitative estimate of drug-likeness (QED) is 0.674. The SMILES string of the molecule is CCO[Si]1CCC[Si](OCC)(OCC)O1. The average Bonchev–Trinajstić information content (AvgIpc) is 2.19. The van der Waals surface area contributed by atoms with Gasteiger partial charge in [-0.25, -0.2) is 0 Å². The fourth-order valence-electron chi connectivity index (χ4n) is 1.67. The lowest BCUT2D eigenvalue weighted by Gasteiger charge is -2.35. The summed E-state index contributed by atoms with van der Waals surface area (Å²) in [7, 11) is -3.50. The summed E-state index contributed by atoms with van der Waals surface area (Å²) in [6.07, 6.45) is 1.11. The van der Waals surface area contributed by atoms with E-state index >= 15 is 0 Å². The van der Waals surface area contributed by atoms with Gasteiger partial charge >= 0.3 is 18.1 Å². The topological polar surface area (TPSA) is 36.9 Å². The van der Waals surface area contributed by atoms with Crippen LogP contribution in [0.2, 0.25) is 12.1 Å². The van der Waals surface area contributed by atoms with Crippen LogP contribution in [0, 0.1) is 0 Å². The van der Waals surface area contributed by atoms with Crippen LogP contribution in [0.25, 0.3) is 0 Å². The Morgan fingerprint density at radius 3 is 2.33 bits per heavy atom. The molecule has 0 unspecified atom stereocenters. The Morgan fingerprint density at radius 2 is 1.80 bits per heavy atom. The van der Waals surface area contributed by atoms with Gasteiger partial charge in [-0.3, -0.25) is 0 Å². The molecule has 0 N–H and O–H groups in total. The lowest BCUT2D eigenvalue weighted by molar-refractivity contribution is 0.0952. The molecule has 1 rings (SSSR count). The summed E-state index contributed by atoms with van der Waals surface area (Å²) in [6, 6.07) is 1.99. The zero-order valence-corrected chi connectivity index (χ0v) is 11.9. The summed E-state index contributed by atoms with van der Waals surface area (Å²) in [5.74, 6) is 0. The first-order valence-electron chi connectivity index (χ1n) is 5.72. The Balaban J connectivity index is 2.53. The molecule has 0 saturated carbocycles. The molecule has 1 saturated heterocycles. The van der Waals surface area contributed by atoms with Gasteiger partial charge in [0.2, 0.25) is 0 Å². The van der Waals surface area contributed by atoms with E-state index in [-0.39, 0.29) is 0 Å². The van der Waals surface area contributed by atoms with E-state index in [1.807, 2.05) is 20.8 Å². The van der Waals surface area contributed by atoms with Crippen LogP contribution >= 0.6 is 0 Å². The summed E-state index contributed by atoms with van der Waals surface area (Å²) in [5, 5.41) is 0. The molecule has 1 radical (unpaired) electrons. The van der Waals surface area contributed by atoms with Crippen LogP contribution in [0.5, 0.6) is 0 Å². The maximum atomic E-state index is 5.97. The van der Waals surface area contributed by atoms with Crippen molar-refractivity contribution in [2.45, 2.75) is 39.3 Å². The first-order valence-corrected chi connectivity index (χ1v) is 9.17. The molecular weight excluding hydrogens is 228 g/mol. The van der Waals surface area contributed by atoms with Gasteiger partial charge in [-0.2, -0.15) is 0 Å². The average molecular weight is 249 g/mol. The van der Waals surface area contributed by atoms with Gasteiger partial charge in [-0.05, 0) is 33.2 Å². The van der Waals surface area contributed by atoms with Gasteiger partial charge in [0.25, 0.3) is 0 Å². The van der Waals surface area contributed by atoms with Crippen LogP contribution < -0.4 is 0 Å². The van der Waals surface area contributed by atoms with Crippen LogP contribution in [0.4, 0.5) is 0 Å². The van der Waals surface area contributed by atoms with Gasteiger partial charge in [0.15, 0.2) is 0 Å². The van der Waals surface area contributed by atoms with Gasteiger partial charge in [0.05, 0.1) is 0 Å². The molecule has 6 heteroatoms. The van der Waals surface area contributed by atoms with E-state index in [1.165, 1.54) is 0 Å². The highest BCUT2D eigenvalue weighted by atomic mass is 28.4. The predicted molar refractivity (Wildman–Crippen MR) is 61.7 cm³/mol. The Kier molecular flexibility index (Phi) is 6.02. The minimum absolute atomic E-state index is 0.660. The zero-order chi connectivity index (χ0) is 11.1. The molecule has 1 fully saturated rings. The summed E-state index contributed by atoms with van der Waals surface area (Å²) >= 11 is 0. The van der Waals surface area contributed by atoms with E-state index in [0.29, 0.717) is 13.2 Å². The molecule has 1 aliphatic rings. The minimum Gasteiger partial charge on any atom is -0.394 e. The highest BCUT2D eigenvalue weighted by Gasteiger charge is 2.46. The summed E-state index contributed by atoms with van der Waals surface area (Å²) in [4.78, 5) is 0. The molecule has 0 aromatic rings. The van der Waals surface area contributed by atoms with E-state index in [4.69, 9.17) is 17.4 Å². The number of rotatable bonds is 6. The fraction of sp³-hybridized carbons (Fsp3) is 1.00. The molecule has 0 aromatic heterocycles. The van der Waals surface area contributed by atoms with Crippen molar-refractivity contribution in [3.05, 3.63) is 0 Å². The van der Waals surface area contributed by atoms with Crippen LogP contribution in [-0.4, -0.2) is 37.9 Å². The van der Waals surface area contributed by atoms with Crippen LogP contribution in [0.3, 0.4) is 0 Å². The Hall–Kier alpha value is 0.274. The lowest BCUT2D eigenvalue weighted by atomic mass is 10.6. The Labute approximate surface area is 95.1 Å². The number of hydrogen-bond donors (Lipinski definition) is 0.